The van der Waals surface area contributed by atoms with Crippen molar-refractivity contribution in [2.24, 2.45) is 0 Å². The minimum absolute atomic E-state index is 0.0292. The van der Waals surface area contributed by atoms with Crippen molar-refractivity contribution in [2.75, 3.05) is 26.5 Å². The molecule has 2 heterocycles. The van der Waals surface area contributed by atoms with Gasteiger partial charge in [-0.3, -0.25) is 4.79 Å². The zero-order valence-corrected chi connectivity index (χ0v) is 18.0. The summed E-state index contributed by atoms with van der Waals surface area (Å²) in [6, 6.07) is 12.2. The molecule has 8 nitrogen and oxygen atoms in total. The van der Waals surface area contributed by atoms with Crippen molar-refractivity contribution in [1.82, 2.24) is 25.1 Å². The SMILES string of the molecule is COc1ccc2cc(CN(C)C(=O)CSc3nnnn3CC3CCCO3)ccc2c1. The topological polar surface area (TPSA) is 82.4 Å². The Morgan fingerprint density at radius 3 is 2.93 bits per heavy atom. The van der Waals surface area contributed by atoms with E-state index in [0.717, 1.165) is 41.5 Å². The summed E-state index contributed by atoms with van der Waals surface area (Å²) in [5.74, 6) is 1.15. The molecule has 1 aliphatic rings. The van der Waals surface area contributed by atoms with E-state index < -0.39 is 0 Å². The van der Waals surface area contributed by atoms with Gasteiger partial charge in [-0.1, -0.05) is 30.0 Å². The third kappa shape index (κ3) is 4.91. The smallest absolute Gasteiger partial charge is 0.233 e. The van der Waals surface area contributed by atoms with Crippen LogP contribution in [0.4, 0.5) is 0 Å². The highest BCUT2D eigenvalue weighted by atomic mass is 32.2. The molecule has 0 radical (unpaired) electrons. The van der Waals surface area contributed by atoms with Crippen molar-refractivity contribution in [3.05, 3.63) is 42.0 Å². The molecule has 3 aromatic rings. The van der Waals surface area contributed by atoms with Gasteiger partial charge in [0, 0.05) is 20.2 Å². The summed E-state index contributed by atoms with van der Waals surface area (Å²) in [5, 5.41) is 14.7. The first-order chi connectivity index (χ1) is 14.6. The van der Waals surface area contributed by atoms with Crippen LogP contribution in [0.5, 0.6) is 5.75 Å². The number of aromatic nitrogens is 4. The summed E-state index contributed by atoms with van der Waals surface area (Å²) >= 11 is 1.36. The monoisotopic (exact) mass is 427 g/mol. The summed E-state index contributed by atoms with van der Waals surface area (Å²) in [5.41, 5.74) is 1.08. The summed E-state index contributed by atoms with van der Waals surface area (Å²) in [4.78, 5) is 14.4. The zero-order chi connectivity index (χ0) is 20.9. The number of fused-ring (bicyclic) bond motifs is 1. The lowest BCUT2D eigenvalue weighted by Crippen LogP contribution is -2.28. The van der Waals surface area contributed by atoms with Gasteiger partial charge in [-0.05, 0) is 57.8 Å². The number of tetrazole rings is 1. The molecule has 1 fully saturated rings. The quantitative estimate of drug-likeness (QED) is 0.511. The predicted molar refractivity (Wildman–Crippen MR) is 114 cm³/mol. The van der Waals surface area contributed by atoms with Gasteiger partial charge in [0.05, 0.1) is 25.5 Å². The van der Waals surface area contributed by atoms with Crippen molar-refractivity contribution in [3.63, 3.8) is 0 Å². The molecule has 0 aliphatic carbocycles. The molecule has 1 unspecified atom stereocenters. The maximum atomic E-state index is 12.6. The second-order valence-corrected chi connectivity index (χ2v) is 8.31. The number of amides is 1. The molecule has 30 heavy (non-hydrogen) atoms. The van der Waals surface area contributed by atoms with Gasteiger partial charge in [0.15, 0.2) is 0 Å². The van der Waals surface area contributed by atoms with Crippen LogP contribution in [0.15, 0.2) is 41.6 Å². The van der Waals surface area contributed by atoms with Crippen LogP contribution >= 0.6 is 11.8 Å². The zero-order valence-electron chi connectivity index (χ0n) is 17.2. The van der Waals surface area contributed by atoms with E-state index in [0.29, 0.717) is 18.2 Å². The van der Waals surface area contributed by atoms with E-state index in [1.807, 2.05) is 31.3 Å². The van der Waals surface area contributed by atoms with Crippen molar-refractivity contribution in [3.8, 4) is 5.75 Å². The van der Waals surface area contributed by atoms with Crippen LogP contribution in [0.25, 0.3) is 10.8 Å². The average molecular weight is 428 g/mol. The Morgan fingerprint density at radius 1 is 1.30 bits per heavy atom. The van der Waals surface area contributed by atoms with Crippen LogP contribution in [0.3, 0.4) is 0 Å². The van der Waals surface area contributed by atoms with Crippen molar-refractivity contribution in [1.29, 1.82) is 0 Å². The molecule has 4 rings (SSSR count). The first kappa shape index (κ1) is 20.6. The third-order valence-electron chi connectivity index (χ3n) is 5.18. The molecule has 1 aliphatic heterocycles. The number of ether oxygens (including phenoxy) is 2. The normalized spacial score (nSPS) is 16.1. The van der Waals surface area contributed by atoms with Crippen molar-refractivity contribution >= 4 is 28.4 Å². The Morgan fingerprint density at radius 2 is 2.13 bits per heavy atom. The molecule has 1 amide bonds. The maximum absolute atomic E-state index is 12.6. The highest BCUT2D eigenvalue weighted by molar-refractivity contribution is 7.99. The summed E-state index contributed by atoms with van der Waals surface area (Å²) in [6.07, 6.45) is 2.24. The lowest BCUT2D eigenvalue weighted by Gasteiger charge is -2.17. The van der Waals surface area contributed by atoms with Gasteiger partial charge in [0.2, 0.25) is 11.1 Å². The number of carbonyl (C=O) groups is 1. The van der Waals surface area contributed by atoms with Gasteiger partial charge >= 0.3 is 0 Å². The van der Waals surface area contributed by atoms with Gasteiger partial charge in [-0.15, -0.1) is 5.10 Å². The Labute approximate surface area is 179 Å². The van der Waals surface area contributed by atoms with Gasteiger partial charge in [-0.2, -0.15) is 0 Å². The predicted octanol–water partition coefficient (Wildman–Crippen LogP) is 2.76. The van der Waals surface area contributed by atoms with Gasteiger partial charge in [0.25, 0.3) is 0 Å². The first-order valence-electron chi connectivity index (χ1n) is 9.93. The van der Waals surface area contributed by atoms with E-state index in [4.69, 9.17) is 9.47 Å². The number of benzene rings is 2. The standard InChI is InChI=1S/C21H25N5O3S/c1-25(12-15-5-6-17-11-18(28-2)8-7-16(17)10-15)20(27)14-30-21-22-23-24-26(21)13-19-4-3-9-29-19/h5-8,10-11,19H,3-4,9,12-14H2,1-2H3. The average Bonchev–Trinajstić information content (AvgIpc) is 3.44. The van der Waals surface area contributed by atoms with E-state index in [2.05, 4.69) is 27.7 Å². The van der Waals surface area contributed by atoms with Gasteiger partial charge in [0.1, 0.15) is 5.75 Å². The minimum Gasteiger partial charge on any atom is -0.497 e. The molecular weight excluding hydrogens is 402 g/mol. The largest absolute Gasteiger partial charge is 0.497 e. The van der Waals surface area contributed by atoms with E-state index in [1.54, 1.807) is 16.7 Å². The maximum Gasteiger partial charge on any atom is 0.233 e. The number of hydrogen-bond acceptors (Lipinski definition) is 7. The highest BCUT2D eigenvalue weighted by Gasteiger charge is 2.20. The van der Waals surface area contributed by atoms with E-state index in [1.165, 1.54) is 11.8 Å². The summed E-state index contributed by atoms with van der Waals surface area (Å²) < 4.78 is 12.6. The Balaban J connectivity index is 1.33. The molecule has 158 valence electrons. The Kier molecular flexibility index (Phi) is 6.49. The third-order valence-corrected chi connectivity index (χ3v) is 6.12. The van der Waals surface area contributed by atoms with E-state index >= 15 is 0 Å². The van der Waals surface area contributed by atoms with Crippen LogP contribution in [0.1, 0.15) is 18.4 Å². The molecule has 1 saturated heterocycles. The minimum atomic E-state index is 0.0292. The van der Waals surface area contributed by atoms with E-state index in [-0.39, 0.29) is 17.8 Å². The number of rotatable bonds is 8. The van der Waals surface area contributed by atoms with E-state index in [9.17, 15) is 4.79 Å². The van der Waals surface area contributed by atoms with Gasteiger partial charge in [-0.25, -0.2) is 4.68 Å². The van der Waals surface area contributed by atoms with Crippen LogP contribution in [0, 0.1) is 0 Å². The summed E-state index contributed by atoms with van der Waals surface area (Å²) in [6.45, 7) is 1.96. The fourth-order valence-corrected chi connectivity index (χ4v) is 4.32. The fourth-order valence-electron chi connectivity index (χ4n) is 3.49. The van der Waals surface area contributed by atoms with Crippen LogP contribution in [0.2, 0.25) is 0 Å². The molecule has 0 spiro atoms. The van der Waals surface area contributed by atoms with Gasteiger partial charge < -0.3 is 14.4 Å². The lowest BCUT2D eigenvalue weighted by molar-refractivity contribution is -0.127. The fraction of sp³-hybridized carbons (Fsp3) is 0.429. The first-order valence-corrected chi connectivity index (χ1v) is 10.9. The summed E-state index contributed by atoms with van der Waals surface area (Å²) in [7, 11) is 3.48. The van der Waals surface area contributed by atoms with Crippen molar-refractivity contribution in [2.45, 2.75) is 37.2 Å². The molecule has 0 N–H and O–H groups in total. The number of hydrogen-bond donors (Lipinski definition) is 0. The van der Waals surface area contributed by atoms with Crippen LogP contribution < -0.4 is 4.74 Å². The van der Waals surface area contributed by atoms with Crippen molar-refractivity contribution < 1.29 is 14.3 Å². The molecule has 2 aromatic carbocycles. The molecule has 0 saturated carbocycles. The number of carbonyl (C=O) groups excluding carboxylic acids is 1. The van der Waals surface area contributed by atoms with Crippen LogP contribution in [-0.4, -0.2) is 63.6 Å². The number of methoxy groups -OCH3 is 1. The Hall–Kier alpha value is -2.65. The highest BCUT2D eigenvalue weighted by Crippen LogP contribution is 2.23. The molecule has 9 heteroatoms. The van der Waals surface area contributed by atoms with Crippen LogP contribution in [-0.2, 0) is 22.6 Å². The molecule has 1 atom stereocenters. The number of thioether (sulfide) groups is 1. The number of nitrogens with zero attached hydrogens (tertiary/aromatic N) is 5. The molecule has 0 bridgehead atoms. The second kappa shape index (κ2) is 9.44. The Bertz CT molecular complexity index is 1020. The molecule has 1 aromatic heterocycles. The second-order valence-electron chi connectivity index (χ2n) is 7.36. The lowest BCUT2D eigenvalue weighted by atomic mass is 10.1. The molecular formula is C21H25N5O3S.